The van der Waals surface area contributed by atoms with Crippen LogP contribution in [-0.4, -0.2) is 35.7 Å². The second-order valence-electron chi connectivity index (χ2n) is 3.26. The van der Waals surface area contributed by atoms with Gasteiger partial charge in [-0.15, -0.1) is 0 Å². The van der Waals surface area contributed by atoms with E-state index in [9.17, 15) is 9.90 Å². The predicted molar refractivity (Wildman–Crippen MR) is 75.6 cm³/mol. The lowest BCUT2D eigenvalue weighted by atomic mass is 10.3. The molecular weight excluding hydrogens is 349 g/mol. The minimum Gasteiger partial charge on any atom is -0.465 e. The van der Waals surface area contributed by atoms with E-state index in [0.717, 1.165) is 4.90 Å². The molecule has 1 rings (SSSR count). The number of benzene rings is 1. The molecule has 6 heteroatoms. The highest BCUT2D eigenvalue weighted by atomic mass is 127. The maximum atomic E-state index is 11.1. The number of para-hydroxylation sites is 1. The molecule has 1 amide bonds. The summed E-state index contributed by atoms with van der Waals surface area (Å²) >= 11 is 1.87. The summed E-state index contributed by atoms with van der Waals surface area (Å²) < 4.78 is 7.66. The standard InChI is InChI=1S/C12H12INO4/c13-7-4-8-18-9-11(15)14(12(16)17)10-5-2-1-3-6-10/h1-3,5-6,11,15H,8-9H2,(H,16,17). The van der Waals surface area contributed by atoms with E-state index in [1.807, 2.05) is 22.6 Å². The first kappa shape index (κ1) is 14.8. The second kappa shape index (κ2) is 7.92. The molecule has 0 aromatic heterocycles. The Bertz CT molecular complexity index is 440. The summed E-state index contributed by atoms with van der Waals surface area (Å²) in [5, 5.41) is 18.9. The van der Waals surface area contributed by atoms with Gasteiger partial charge >= 0.3 is 6.09 Å². The highest BCUT2D eigenvalue weighted by Crippen LogP contribution is 2.15. The molecule has 0 spiro atoms. The van der Waals surface area contributed by atoms with Crippen molar-refractivity contribution in [3.05, 3.63) is 30.3 Å². The third-order valence-corrected chi connectivity index (χ3v) is 2.43. The Balaban J connectivity index is 2.67. The molecule has 0 aliphatic heterocycles. The first-order valence-corrected chi connectivity index (χ1v) is 6.16. The van der Waals surface area contributed by atoms with Crippen LogP contribution in [-0.2, 0) is 4.74 Å². The Morgan fingerprint density at radius 1 is 1.44 bits per heavy atom. The Morgan fingerprint density at radius 2 is 2.11 bits per heavy atom. The highest BCUT2D eigenvalue weighted by molar-refractivity contribution is 14.1. The van der Waals surface area contributed by atoms with Gasteiger partial charge in [-0.2, -0.15) is 0 Å². The molecule has 96 valence electrons. The Kier molecular flexibility index (Phi) is 6.49. The number of aliphatic hydroxyl groups excluding tert-OH is 1. The fourth-order valence-electron chi connectivity index (χ4n) is 1.32. The van der Waals surface area contributed by atoms with Crippen molar-refractivity contribution < 1.29 is 19.7 Å². The quantitative estimate of drug-likeness (QED) is 0.364. The van der Waals surface area contributed by atoms with Crippen LogP contribution >= 0.6 is 22.6 Å². The first-order valence-electron chi connectivity index (χ1n) is 5.08. The van der Waals surface area contributed by atoms with Crippen molar-refractivity contribution in [1.82, 2.24) is 0 Å². The molecule has 0 saturated heterocycles. The van der Waals surface area contributed by atoms with Crippen molar-refractivity contribution in [2.75, 3.05) is 18.1 Å². The third kappa shape index (κ3) is 4.52. The molecule has 0 aliphatic carbocycles. The monoisotopic (exact) mass is 361 g/mol. The fourth-order valence-corrected chi connectivity index (χ4v) is 1.47. The zero-order valence-corrected chi connectivity index (χ0v) is 11.6. The van der Waals surface area contributed by atoms with E-state index in [1.54, 1.807) is 30.3 Å². The smallest absolute Gasteiger partial charge is 0.414 e. The van der Waals surface area contributed by atoms with E-state index < -0.39 is 12.3 Å². The number of aliphatic hydroxyl groups is 1. The molecule has 0 aliphatic rings. The summed E-state index contributed by atoms with van der Waals surface area (Å²) in [7, 11) is 0. The van der Waals surface area contributed by atoms with Gasteiger partial charge in [0.1, 0.15) is 6.61 Å². The molecule has 2 N–H and O–H groups in total. The van der Waals surface area contributed by atoms with Crippen LogP contribution in [0.3, 0.4) is 0 Å². The topological polar surface area (TPSA) is 70.0 Å². The molecule has 18 heavy (non-hydrogen) atoms. The van der Waals surface area contributed by atoms with Crippen LogP contribution in [0.2, 0.25) is 0 Å². The highest BCUT2D eigenvalue weighted by Gasteiger charge is 2.22. The number of rotatable bonds is 5. The summed E-state index contributed by atoms with van der Waals surface area (Å²) in [4.78, 5) is 12.0. The minimum absolute atomic E-state index is 0.132. The first-order chi connectivity index (χ1) is 8.66. The number of amides is 1. The average molecular weight is 361 g/mol. The number of hydrogen-bond donors (Lipinski definition) is 2. The molecule has 0 radical (unpaired) electrons. The van der Waals surface area contributed by atoms with Gasteiger partial charge in [0.15, 0.2) is 6.23 Å². The molecule has 1 aromatic rings. The maximum absolute atomic E-state index is 11.1. The molecule has 0 bridgehead atoms. The van der Waals surface area contributed by atoms with Gasteiger partial charge in [0.2, 0.25) is 0 Å². The largest absolute Gasteiger partial charge is 0.465 e. The second-order valence-corrected chi connectivity index (χ2v) is 3.79. The lowest BCUT2D eigenvalue weighted by Crippen LogP contribution is -2.42. The van der Waals surface area contributed by atoms with Gasteiger partial charge in [-0.25, -0.2) is 9.69 Å². The predicted octanol–water partition coefficient (Wildman–Crippen LogP) is 1.90. The summed E-state index contributed by atoms with van der Waals surface area (Å²) in [5.41, 5.74) is 0.390. The van der Waals surface area contributed by atoms with Crippen LogP contribution in [0.15, 0.2) is 30.3 Å². The summed E-state index contributed by atoms with van der Waals surface area (Å²) in [5.74, 6) is 2.65. The van der Waals surface area contributed by atoms with Crippen molar-refractivity contribution >= 4 is 34.4 Å². The van der Waals surface area contributed by atoms with Crippen molar-refractivity contribution in [3.63, 3.8) is 0 Å². The molecule has 0 fully saturated rings. The molecular formula is C12H12INO4. The van der Waals surface area contributed by atoms with Crippen LogP contribution in [0, 0.1) is 9.85 Å². The lowest BCUT2D eigenvalue weighted by Gasteiger charge is -2.24. The zero-order valence-electron chi connectivity index (χ0n) is 9.41. The Labute approximate surface area is 119 Å². The fraction of sp³-hybridized carbons (Fsp3) is 0.250. The number of hydrogen-bond acceptors (Lipinski definition) is 3. The minimum atomic E-state index is -1.26. The lowest BCUT2D eigenvalue weighted by molar-refractivity contribution is 0.0492. The molecule has 1 aromatic carbocycles. The van der Waals surface area contributed by atoms with Crippen molar-refractivity contribution in [1.29, 1.82) is 0 Å². The van der Waals surface area contributed by atoms with E-state index >= 15 is 0 Å². The SMILES string of the molecule is O=C(O)N(c1ccccc1)C(O)COCC#CI. The van der Waals surface area contributed by atoms with Gasteiger partial charge in [-0.05, 0) is 16.1 Å². The van der Waals surface area contributed by atoms with Crippen LogP contribution in [0.5, 0.6) is 0 Å². The number of carboxylic acid groups (broad SMARTS) is 1. The average Bonchev–Trinajstić information content (AvgIpc) is 2.36. The van der Waals surface area contributed by atoms with E-state index in [-0.39, 0.29) is 13.2 Å². The Morgan fingerprint density at radius 3 is 2.67 bits per heavy atom. The van der Waals surface area contributed by atoms with Crippen LogP contribution < -0.4 is 4.90 Å². The van der Waals surface area contributed by atoms with Crippen molar-refractivity contribution in [3.8, 4) is 9.85 Å². The summed E-state index contributed by atoms with van der Waals surface area (Å²) in [6.45, 7) is 0.0226. The zero-order chi connectivity index (χ0) is 13.4. The number of nitrogens with zero attached hydrogens (tertiary/aromatic N) is 1. The molecule has 0 heterocycles. The molecule has 1 atom stereocenters. The van der Waals surface area contributed by atoms with Gasteiger partial charge in [0, 0.05) is 28.3 Å². The number of carbonyl (C=O) groups is 1. The van der Waals surface area contributed by atoms with Crippen LogP contribution in [0.4, 0.5) is 10.5 Å². The van der Waals surface area contributed by atoms with Crippen molar-refractivity contribution in [2.24, 2.45) is 0 Å². The van der Waals surface area contributed by atoms with E-state index in [4.69, 9.17) is 9.84 Å². The normalized spacial score (nSPS) is 11.2. The van der Waals surface area contributed by atoms with Gasteiger partial charge < -0.3 is 14.9 Å². The summed E-state index contributed by atoms with van der Waals surface area (Å²) in [6.07, 6.45) is -2.50. The van der Waals surface area contributed by atoms with Crippen molar-refractivity contribution in [2.45, 2.75) is 6.23 Å². The number of anilines is 1. The van der Waals surface area contributed by atoms with E-state index in [2.05, 4.69) is 9.85 Å². The van der Waals surface area contributed by atoms with Gasteiger partial charge in [0.25, 0.3) is 0 Å². The number of ether oxygens (including phenoxy) is 1. The molecule has 0 saturated carbocycles. The van der Waals surface area contributed by atoms with Gasteiger partial charge in [-0.1, -0.05) is 24.1 Å². The van der Waals surface area contributed by atoms with Gasteiger partial charge in [-0.3, -0.25) is 0 Å². The van der Waals surface area contributed by atoms with Crippen LogP contribution in [0.1, 0.15) is 0 Å². The Hall–Kier alpha value is -1.30. The van der Waals surface area contributed by atoms with E-state index in [1.165, 1.54) is 0 Å². The maximum Gasteiger partial charge on any atom is 0.414 e. The summed E-state index contributed by atoms with van der Waals surface area (Å²) in [6, 6.07) is 8.35. The molecule has 1 unspecified atom stereocenters. The third-order valence-electron chi connectivity index (χ3n) is 2.05. The number of halogens is 1. The van der Waals surface area contributed by atoms with Crippen LogP contribution in [0.25, 0.3) is 0 Å². The molecule has 5 nitrogen and oxygen atoms in total. The van der Waals surface area contributed by atoms with Gasteiger partial charge in [0.05, 0.1) is 6.61 Å². The van der Waals surface area contributed by atoms with E-state index in [0.29, 0.717) is 5.69 Å².